The fraction of sp³-hybridized carbons (Fsp3) is 0.348. The summed E-state index contributed by atoms with van der Waals surface area (Å²) in [6, 6.07) is 12.5. The fourth-order valence-corrected chi connectivity index (χ4v) is 3.06. The third-order valence-corrected chi connectivity index (χ3v) is 5.07. The molecule has 2 aromatic carbocycles. The number of rotatable bonds is 7. The van der Waals surface area contributed by atoms with Crippen molar-refractivity contribution >= 4 is 41.6 Å². The lowest BCUT2D eigenvalue weighted by molar-refractivity contribution is 0.815. The van der Waals surface area contributed by atoms with Gasteiger partial charge in [0.25, 0.3) is 0 Å². The van der Waals surface area contributed by atoms with Crippen molar-refractivity contribution in [3.05, 3.63) is 58.7 Å². The van der Waals surface area contributed by atoms with Gasteiger partial charge in [0.2, 0.25) is 17.8 Å². The predicted molar refractivity (Wildman–Crippen MR) is 129 cm³/mol. The fourth-order valence-electron chi connectivity index (χ4n) is 3.06. The molecular formula is C23H31ClN6. The molecule has 0 saturated heterocycles. The first-order valence-corrected chi connectivity index (χ1v) is 10.1. The van der Waals surface area contributed by atoms with Crippen LogP contribution in [0.1, 0.15) is 36.1 Å². The Balaban J connectivity index is 0.00000320. The van der Waals surface area contributed by atoms with Gasteiger partial charge in [-0.15, -0.1) is 12.4 Å². The number of nitrogens with zero attached hydrogens (tertiary/aromatic N) is 4. The highest BCUT2D eigenvalue weighted by molar-refractivity contribution is 5.85. The molecule has 160 valence electrons. The van der Waals surface area contributed by atoms with Crippen LogP contribution in [0.25, 0.3) is 0 Å². The Morgan fingerprint density at radius 2 is 1.37 bits per heavy atom. The van der Waals surface area contributed by atoms with E-state index in [0.29, 0.717) is 17.8 Å². The minimum Gasteiger partial charge on any atom is -0.341 e. The maximum Gasteiger partial charge on any atom is 0.233 e. The molecule has 1 aromatic heterocycles. The zero-order chi connectivity index (χ0) is 21.0. The molecule has 0 saturated carbocycles. The van der Waals surface area contributed by atoms with Gasteiger partial charge in [0, 0.05) is 24.5 Å². The van der Waals surface area contributed by atoms with E-state index in [1.54, 1.807) is 0 Å². The first-order chi connectivity index (χ1) is 13.9. The van der Waals surface area contributed by atoms with Gasteiger partial charge in [-0.2, -0.15) is 15.0 Å². The smallest absolute Gasteiger partial charge is 0.233 e. The summed E-state index contributed by atoms with van der Waals surface area (Å²) in [4.78, 5) is 16.1. The molecule has 0 bridgehead atoms. The van der Waals surface area contributed by atoms with Crippen LogP contribution in [0.15, 0.2) is 36.4 Å². The Labute approximate surface area is 185 Å². The molecule has 0 fully saturated rings. The van der Waals surface area contributed by atoms with Gasteiger partial charge < -0.3 is 15.5 Å². The van der Waals surface area contributed by atoms with Crippen LogP contribution in [0.3, 0.4) is 0 Å². The third kappa shape index (κ3) is 5.60. The average molecular weight is 427 g/mol. The van der Waals surface area contributed by atoms with E-state index in [9.17, 15) is 0 Å². The Bertz CT molecular complexity index is 1000. The lowest BCUT2D eigenvalue weighted by atomic mass is 10.1. The quantitative estimate of drug-likeness (QED) is 0.493. The van der Waals surface area contributed by atoms with E-state index in [1.165, 1.54) is 16.7 Å². The van der Waals surface area contributed by atoms with Crippen molar-refractivity contribution in [3.8, 4) is 0 Å². The van der Waals surface area contributed by atoms with Crippen LogP contribution in [-0.4, -0.2) is 28.0 Å². The summed E-state index contributed by atoms with van der Waals surface area (Å²) in [5, 5.41) is 6.71. The minimum absolute atomic E-state index is 0. The molecule has 2 N–H and O–H groups in total. The second-order valence-electron chi connectivity index (χ2n) is 7.32. The zero-order valence-corrected chi connectivity index (χ0v) is 19.4. The van der Waals surface area contributed by atoms with Crippen LogP contribution in [0.5, 0.6) is 0 Å². The van der Waals surface area contributed by atoms with Gasteiger partial charge in [-0.25, -0.2) is 0 Å². The monoisotopic (exact) mass is 426 g/mol. The van der Waals surface area contributed by atoms with E-state index in [4.69, 9.17) is 0 Å². The van der Waals surface area contributed by atoms with Gasteiger partial charge in [-0.05, 0) is 82.0 Å². The minimum atomic E-state index is 0. The number of halogens is 1. The van der Waals surface area contributed by atoms with Crippen molar-refractivity contribution in [1.29, 1.82) is 0 Å². The SMILES string of the molecule is CCN(CC)c1nc(Nc2ccc(C)c(C)c2)nc(Nc2cc(C)ccc2C)n1.Cl. The van der Waals surface area contributed by atoms with Crippen LogP contribution >= 0.6 is 12.4 Å². The highest BCUT2D eigenvalue weighted by Gasteiger charge is 2.13. The first-order valence-electron chi connectivity index (χ1n) is 10.1. The van der Waals surface area contributed by atoms with Gasteiger partial charge in [-0.3, -0.25) is 0 Å². The summed E-state index contributed by atoms with van der Waals surface area (Å²) in [6.45, 7) is 14.2. The summed E-state index contributed by atoms with van der Waals surface area (Å²) >= 11 is 0. The predicted octanol–water partition coefficient (Wildman–Crippen LogP) is 5.86. The molecule has 7 heteroatoms. The Kier molecular flexibility index (Phi) is 8.00. The second kappa shape index (κ2) is 10.3. The molecular weight excluding hydrogens is 396 g/mol. The maximum atomic E-state index is 4.67. The lowest BCUT2D eigenvalue weighted by Crippen LogP contribution is -2.25. The van der Waals surface area contributed by atoms with Crippen LogP contribution < -0.4 is 15.5 Å². The van der Waals surface area contributed by atoms with E-state index in [2.05, 4.69) is 102 Å². The summed E-state index contributed by atoms with van der Waals surface area (Å²) in [6.07, 6.45) is 0. The molecule has 0 amide bonds. The van der Waals surface area contributed by atoms with E-state index >= 15 is 0 Å². The topological polar surface area (TPSA) is 66.0 Å². The van der Waals surface area contributed by atoms with Crippen molar-refractivity contribution in [2.24, 2.45) is 0 Å². The van der Waals surface area contributed by atoms with Crippen molar-refractivity contribution < 1.29 is 0 Å². The summed E-state index contributed by atoms with van der Waals surface area (Å²) in [5.41, 5.74) is 6.77. The number of aryl methyl sites for hydroxylation is 4. The highest BCUT2D eigenvalue weighted by atomic mass is 35.5. The van der Waals surface area contributed by atoms with Crippen LogP contribution in [-0.2, 0) is 0 Å². The number of hydrogen-bond donors (Lipinski definition) is 2. The molecule has 0 unspecified atom stereocenters. The first kappa shape index (κ1) is 23.4. The Morgan fingerprint density at radius 3 is 2.00 bits per heavy atom. The van der Waals surface area contributed by atoms with Gasteiger partial charge >= 0.3 is 0 Å². The van der Waals surface area contributed by atoms with Gasteiger partial charge in [-0.1, -0.05) is 18.2 Å². The summed E-state index contributed by atoms with van der Waals surface area (Å²) in [7, 11) is 0. The number of aromatic nitrogens is 3. The molecule has 6 nitrogen and oxygen atoms in total. The van der Waals surface area contributed by atoms with Crippen molar-refractivity contribution in [1.82, 2.24) is 15.0 Å². The van der Waals surface area contributed by atoms with E-state index in [0.717, 1.165) is 30.0 Å². The van der Waals surface area contributed by atoms with Gasteiger partial charge in [0.1, 0.15) is 0 Å². The maximum absolute atomic E-state index is 4.67. The Hall–Kier alpha value is -2.86. The number of nitrogens with one attached hydrogen (secondary N) is 2. The zero-order valence-electron chi connectivity index (χ0n) is 18.6. The molecule has 3 rings (SSSR count). The van der Waals surface area contributed by atoms with Gasteiger partial charge in [0.15, 0.2) is 0 Å². The van der Waals surface area contributed by atoms with E-state index in [-0.39, 0.29) is 12.4 Å². The largest absolute Gasteiger partial charge is 0.341 e. The second-order valence-corrected chi connectivity index (χ2v) is 7.32. The van der Waals surface area contributed by atoms with Crippen molar-refractivity contribution in [3.63, 3.8) is 0 Å². The number of anilines is 5. The number of hydrogen-bond acceptors (Lipinski definition) is 6. The molecule has 0 radical (unpaired) electrons. The highest BCUT2D eigenvalue weighted by Crippen LogP contribution is 2.24. The van der Waals surface area contributed by atoms with Crippen molar-refractivity contribution in [2.75, 3.05) is 28.6 Å². The Morgan fingerprint density at radius 1 is 0.733 bits per heavy atom. The van der Waals surface area contributed by atoms with Crippen LogP contribution in [0.4, 0.5) is 29.2 Å². The normalized spacial score (nSPS) is 10.3. The molecule has 0 spiro atoms. The number of benzene rings is 2. The van der Waals surface area contributed by atoms with Gasteiger partial charge in [0.05, 0.1) is 0 Å². The van der Waals surface area contributed by atoms with Crippen LogP contribution in [0, 0.1) is 27.7 Å². The molecule has 0 atom stereocenters. The van der Waals surface area contributed by atoms with Crippen LogP contribution in [0.2, 0.25) is 0 Å². The van der Waals surface area contributed by atoms with E-state index in [1.807, 2.05) is 6.07 Å². The standard InChI is InChI=1S/C23H30N6.ClH/c1-7-29(8-2)23-27-21(24-19-12-11-16(4)18(6)14-19)26-22(28-23)25-20-13-15(3)9-10-17(20)5;/h9-14H,7-8H2,1-6H3,(H2,24,25,26,27,28);1H. The summed E-state index contributed by atoms with van der Waals surface area (Å²) < 4.78 is 0. The third-order valence-electron chi connectivity index (χ3n) is 5.07. The molecule has 0 aliphatic heterocycles. The van der Waals surface area contributed by atoms with E-state index < -0.39 is 0 Å². The molecule has 1 heterocycles. The summed E-state index contributed by atoms with van der Waals surface area (Å²) in [5.74, 6) is 1.71. The molecule has 0 aliphatic rings. The lowest BCUT2D eigenvalue weighted by Gasteiger charge is -2.20. The average Bonchev–Trinajstić information content (AvgIpc) is 2.68. The van der Waals surface area contributed by atoms with Crippen molar-refractivity contribution in [2.45, 2.75) is 41.5 Å². The molecule has 30 heavy (non-hydrogen) atoms. The molecule has 3 aromatic rings. The molecule has 0 aliphatic carbocycles.